The molecule has 1 aromatic heterocycles. The van der Waals surface area contributed by atoms with E-state index in [0.717, 1.165) is 0 Å². The number of benzene rings is 4. The predicted molar refractivity (Wildman–Crippen MR) is 251 cm³/mol. The number of hydrogen-bond acceptors (Lipinski definition) is 14. The molecule has 4 heterocycles. The van der Waals surface area contributed by atoms with Gasteiger partial charge in [-0.25, -0.2) is 14.0 Å². The fourth-order valence-electron chi connectivity index (χ4n) is 8.22. The number of esters is 1. The van der Waals surface area contributed by atoms with E-state index in [1.165, 1.54) is 31.4 Å². The topological polar surface area (TPSA) is 269 Å². The van der Waals surface area contributed by atoms with Crippen molar-refractivity contribution >= 4 is 68.5 Å². The summed E-state index contributed by atoms with van der Waals surface area (Å²) >= 11 is 6.51. The zero-order chi connectivity index (χ0) is 49.5. The molecule has 8 rings (SSSR count). The molecule has 1 atom stereocenters. The summed E-state index contributed by atoms with van der Waals surface area (Å²) < 4.78 is 50.9. The van der Waals surface area contributed by atoms with Crippen LogP contribution in [0.3, 0.4) is 0 Å². The molecule has 18 nitrogen and oxygen atoms in total. The number of carboxylic acid groups (broad SMARTS) is 1. The highest BCUT2D eigenvalue weighted by atomic mass is 35.5. The number of rotatable bonds is 12. The summed E-state index contributed by atoms with van der Waals surface area (Å²) in [5.41, 5.74) is 11.1. The van der Waals surface area contributed by atoms with Crippen LogP contribution in [0, 0.1) is 12.7 Å². The standard InChI is InChI=1S/C48H44ClFN8O7.O3S/c1-26-36(52)15-14-33-41(32-13-10-29(51)24-39(32)65-44(26)33)30-11-8-27(22-34(30)47(61)62)46(60)54-17-5-7-40(59)58-20-18-57(19-21-58)25-38-42(48(63)64-2)43(31-12-9-28(50)23-35(31)49)56-45(55-38)37-6-3-4-16-53-37;1-4(2)3/h3-4,6,8-16,22-24,43,52H,5,7,17-21,25,51H2,1-2H3,(H,54,60)(H,55,56)(H,61,62);/p+1. The molecule has 0 saturated carbocycles. The second-order valence-corrected chi connectivity index (χ2v) is 16.8. The van der Waals surface area contributed by atoms with Crippen LogP contribution in [0.4, 0.5) is 10.1 Å². The lowest BCUT2D eigenvalue weighted by atomic mass is 9.88. The number of halogens is 2. The number of fused-ring (bicyclic) bond motifs is 2. The minimum Gasteiger partial charge on any atom is -0.478 e. The Morgan fingerprint density at radius 1 is 1.00 bits per heavy atom. The van der Waals surface area contributed by atoms with Gasteiger partial charge in [0.1, 0.15) is 28.9 Å². The zero-order valence-electron chi connectivity index (χ0n) is 37.1. The first-order valence-electron chi connectivity index (χ1n) is 21.3. The Morgan fingerprint density at radius 3 is 2.42 bits per heavy atom. The van der Waals surface area contributed by atoms with E-state index in [1.807, 2.05) is 13.0 Å². The molecule has 356 valence electrons. The molecule has 21 heteroatoms. The first-order chi connectivity index (χ1) is 33.0. The molecule has 1 saturated heterocycles. The third-order valence-corrected chi connectivity index (χ3v) is 12.0. The van der Waals surface area contributed by atoms with Crippen LogP contribution in [-0.4, -0.2) is 108 Å². The van der Waals surface area contributed by atoms with Gasteiger partial charge < -0.3 is 35.5 Å². The van der Waals surface area contributed by atoms with Crippen LogP contribution in [0.2, 0.25) is 5.02 Å². The molecule has 1 fully saturated rings. The summed E-state index contributed by atoms with van der Waals surface area (Å²) in [4.78, 5) is 65.9. The first-order valence-corrected chi connectivity index (χ1v) is 22.7. The summed E-state index contributed by atoms with van der Waals surface area (Å²) in [5.74, 6) is -2.04. The van der Waals surface area contributed by atoms with Gasteiger partial charge in [-0.05, 0) is 73.5 Å². The molecule has 2 amide bonds. The molecule has 1 aliphatic carbocycles. The van der Waals surface area contributed by atoms with Crippen molar-refractivity contribution in [3.63, 3.8) is 0 Å². The van der Waals surface area contributed by atoms with Gasteiger partial charge in [-0.15, -0.1) is 12.6 Å². The zero-order valence-corrected chi connectivity index (χ0v) is 38.7. The lowest BCUT2D eigenvalue weighted by Crippen LogP contribution is -2.50. The van der Waals surface area contributed by atoms with Gasteiger partial charge in [0.15, 0.2) is 5.84 Å². The van der Waals surface area contributed by atoms with Gasteiger partial charge in [0.05, 0.1) is 23.8 Å². The lowest BCUT2D eigenvalue weighted by molar-refractivity contribution is -0.173. The number of methoxy groups -OCH3 is 1. The number of amides is 2. The maximum atomic E-state index is 14.1. The summed E-state index contributed by atoms with van der Waals surface area (Å²) in [5, 5.41) is 24.0. The molecule has 0 spiro atoms. The Labute approximate surface area is 400 Å². The number of carbonyl (C=O) groups is 4. The van der Waals surface area contributed by atoms with Crippen molar-refractivity contribution in [2.75, 3.05) is 52.1 Å². The maximum Gasteiger partial charge on any atom is 0.425 e. The number of nitrogens with zero attached hydrogens (tertiary/aromatic N) is 4. The number of pyridine rings is 1. The SMILES string of the molecule is COC(=O)C1=C(CN2CCN(C(=O)CCCNC(=O)c3ccc(-c4c5ccc(=[NH2+])c(C)c-5oc5cc(N)ccc45)c(C(=O)O)c3)CC2)NC(c2ccccn2)=NC1c1ccc(F)cc1Cl.O=S(=O)=O. The summed E-state index contributed by atoms with van der Waals surface area (Å²) in [6.07, 6.45) is 2.16. The average Bonchev–Trinajstić information content (AvgIpc) is 3.33. The minimum atomic E-state index is -3.11. The van der Waals surface area contributed by atoms with E-state index in [2.05, 4.69) is 20.5 Å². The van der Waals surface area contributed by atoms with Gasteiger partial charge >= 0.3 is 22.5 Å². The highest BCUT2D eigenvalue weighted by Gasteiger charge is 2.35. The summed E-state index contributed by atoms with van der Waals surface area (Å²) in [6, 6.07) is 21.6. The van der Waals surface area contributed by atoms with Gasteiger partial charge in [0, 0.05) is 108 Å². The van der Waals surface area contributed by atoms with Crippen LogP contribution < -0.4 is 27.1 Å². The van der Waals surface area contributed by atoms with Crippen LogP contribution in [0.25, 0.3) is 33.4 Å². The second kappa shape index (κ2) is 21.4. The van der Waals surface area contributed by atoms with Gasteiger partial charge in [0.2, 0.25) is 11.3 Å². The summed E-state index contributed by atoms with van der Waals surface area (Å²) in [6.45, 7) is 4.11. The second-order valence-electron chi connectivity index (χ2n) is 15.9. The smallest absolute Gasteiger partial charge is 0.425 e. The molecule has 3 aliphatic heterocycles. The van der Waals surface area contributed by atoms with Gasteiger partial charge in [-0.3, -0.25) is 29.9 Å². The Morgan fingerprint density at radius 2 is 1.74 bits per heavy atom. The Kier molecular flexibility index (Phi) is 15.3. The van der Waals surface area contributed by atoms with Crippen LogP contribution in [0.5, 0.6) is 0 Å². The molecule has 1 unspecified atom stereocenters. The molecule has 7 N–H and O–H groups in total. The highest BCUT2D eigenvalue weighted by Crippen LogP contribution is 2.43. The number of nitrogens with two attached hydrogens (primary N) is 2. The number of anilines is 1. The van der Waals surface area contributed by atoms with E-state index in [4.69, 9.17) is 49.5 Å². The number of nitrogens with one attached hydrogen (secondary N) is 2. The van der Waals surface area contributed by atoms with E-state index < -0.39 is 40.3 Å². The lowest BCUT2D eigenvalue weighted by Gasteiger charge is -2.36. The van der Waals surface area contributed by atoms with Crippen molar-refractivity contribution in [3.05, 3.63) is 147 Å². The normalized spacial score (nSPS) is 14.9. The number of piperazine rings is 1. The molecule has 3 aromatic carbocycles. The largest absolute Gasteiger partial charge is 0.478 e. The van der Waals surface area contributed by atoms with Crippen LogP contribution in [-0.2, 0) is 24.9 Å². The number of ether oxygens (including phenoxy) is 1. The third-order valence-electron chi connectivity index (χ3n) is 11.6. The van der Waals surface area contributed by atoms with Gasteiger partial charge in [0.25, 0.3) is 5.91 Å². The molecule has 0 radical (unpaired) electrons. The Bertz CT molecular complexity index is 3210. The maximum absolute atomic E-state index is 14.1. The van der Waals surface area contributed by atoms with Crippen molar-refractivity contribution in [2.24, 2.45) is 4.99 Å². The van der Waals surface area contributed by atoms with Gasteiger partial charge in [-0.1, -0.05) is 29.8 Å². The third kappa shape index (κ3) is 11.2. The number of nitrogen functional groups attached to an aromatic ring is 1. The molecule has 0 bridgehead atoms. The van der Waals surface area contributed by atoms with Crippen molar-refractivity contribution in [1.82, 2.24) is 25.4 Å². The van der Waals surface area contributed by atoms with Crippen molar-refractivity contribution in [2.45, 2.75) is 25.8 Å². The Hall–Kier alpha value is -7.81. The van der Waals surface area contributed by atoms with E-state index >= 15 is 0 Å². The first kappa shape index (κ1) is 49.1. The molecular weight excluding hydrogens is 935 g/mol. The quantitative estimate of drug-likeness (QED) is 0.0509. The van der Waals surface area contributed by atoms with Crippen molar-refractivity contribution < 1.29 is 55.9 Å². The number of aromatic carboxylic acids is 1. The summed E-state index contributed by atoms with van der Waals surface area (Å²) in [7, 11) is -1.84. The van der Waals surface area contributed by atoms with Crippen molar-refractivity contribution in [3.8, 4) is 22.5 Å². The van der Waals surface area contributed by atoms with E-state index in [-0.39, 0.29) is 47.1 Å². The number of carboxylic acids is 1. The van der Waals surface area contributed by atoms with Crippen LogP contribution in [0.15, 0.2) is 112 Å². The van der Waals surface area contributed by atoms with E-state index in [9.17, 15) is 28.7 Å². The molecule has 4 aromatic rings. The van der Waals surface area contributed by atoms with Gasteiger partial charge in [-0.2, -0.15) is 0 Å². The predicted octanol–water partition coefficient (Wildman–Crippen LogP) is 3.51. The van der Waals surface area contributed by atoms with Crippen LogP contribution >= 0.6 is 11.6 Å². The Balaban J connectivity index is 0.00000169. The molecule has 4 aliphatic rings. The van der Waals surface area contributed by atoms with E-state index in [0.29, 0.717) is 105 Å². The monoisotopic (exact) mass is 979 g/mol. The van der Waals surface area contributed by atoms with Crippen LogP contribution in [0.1, 0.15) is 56.4 Å². The number of amidine groups is 1. The average molecular weight is 980 g/mol. The molecule has 69 heavy (non-hydrogen) atoms. The fraction of sp³-hybridized carbons (Fsp3) is 0.229. The number of aliphatic imine (C=N–C) groups is 1. The number of carbonyl (C=O) groups excluding carboxylic acids is 3. The minimum absolute atomic E-state index is 0.0787. The number of aromatic nitrogens is 1. The van der Waals surface area contributed by atoms with E-state index in [1.54, 1.807) is 65.7 Å². The highest BCUT2D eigenvalue weighted by molar-refractivity contribution is 7.59. The number of hydrogen-bond donors (Lipinski definition) is 5. The fourth-order valence-corrected chi connectivity index (χ4v) is 8.49. The molecular formula is C48H45ClFN8O10S+. The van der Waals surface area contributed by atoms with Crippen molar-refractivity contribution in [1.29, 1.82) is 0 Å².